The fourth-order valence-corrected chi connectivity index (χ4v) is 1.89. The number of nitrogens with two attached hydrogens (primary N) is 1. The number of benzene rings is 1. The highest BCUT2D eigenvalue weighted by Gasteiger charge is 2.20. The highest BCUT2D eigenvalue weighted by molar-refractivity contribution is 5.72. The molecule has 0 aromatic heterocycles. The van der Waals surface area contributed by atoms with Gasteiger partial charge in [0.2, 0.25) is 0 Å². The average molecular weight is 283 g/mol. The number of rotatable bonds is 8. The molecule has 0 saturated heterocycles. The van der Waals surface area contributed by atoms with Gasteiger partial charge in [-0.25, -0.2) is 4.79 Å². The van der Waals surface area contributed by atoms with Gasteiger partial charge in [0.25, 0.3) is 0 Å². The molecule has 0 saturated carbocycles. The third-order valence-electron chi connectivity index (χ3n) is 2.89. The van der Waals surface area contributed by atoms with Gasteiger partial charge in [0.05, 0.1) is 14.2 Å². The summed E-state index contributed by atoms with van der Waals surface area (Å²) in [6.45, 7) is 2.15. The first-order valence-corrected chi connectivity index (χ1v) is 6.41. The zero-order chi connectivity index (χ0) is 15.1. The van der Waals surface area contributed by atoms with Crippen LogP contribution < -0.4 is 19.9 Å². The van der Waals surface area contributed by atoms with E-state index in [4.69, 9.17) is 25.1 Å². The van der Waals surface area contributed by atoms with Crippen molar-refractivity contribution in [1.82, 2.24) is 0 Å². The fourth-order valence-electron chi connectivity index (χ4n) is 1.89. The van der Waals surface area contributed by atoms with E-state index in [1.54, 1.807) is 12.1 Å². The molecular formula is C14H21NO5. The van der Waals surface area contributed by atoms with Crippen molar-refractivity contribution in [3.63, 3.8) is 0 Å². The quantitative estimate of drug-likeness (QED) is 0.756. The molecule has 0 fully saturated rings. The minimum absolute atomic E-state index is 0.254. The molecule has 0 heterocycles. The number of ether oxygens (including phenoxy) is 3. The Hall–Kier alpha value is -1.95. The summed E-state index contributed by atoms with van der Waals surface area (Å²) < 4.78 is 16.0. The van der Waals surface area contributed by atoms with E-state index in [0.29, 0.717) is 35.7 Å². The molecule has 0 aliphatic carbocycles. The van der Waals surface area contributed by atoms with Crippen molar-refractivity contribution in [1.29, 1.82) is 0 Å². The summed E-state index contributed by atoms with van der Waals surface area (Å²) in [5.74, 6) is 0.425. The Morgan fingerprint density at radius 2 is 1.85 bits per heavy atom. The van der Waals surface area contributed by atoms with E-state index in [1.165, 1.54) is 14.2 Å². The fraction of sp³-hybridized carbons (Fsp3) is 0.500. The first-order chi connectivity index (χ1) is 9.57. The van der Waals surface area contributed by atoms with Crippen molar-refractivity contribution in [2.45, 2.75) is 32.4 Å². The summed E-state index contributed by atoms with van der Waals surface area (Å²) in [7, 11) is 3.02. The van der Waals surface area contributed by atoms with Crippen LogP contribution in [0.4, 0.5) is 0 Å². The van der Waals surface area contributed by atoms with Gasteiger partial charge in [-0.1, -0.05) is 13.3 Å². The molecule has 0 aliphatic rings. The van der Waals surface area contributed by atoms with Crippen LogP contribution in [0.15, 0.2) is 12.1 Å². The maximum Gasteiger partial charge on any atom is 0.344 e. The summed E-state index contributed by atoms with van der Waals surface area (Å²) >= 11 is 0. The lowest BCUT2D eigenvalue weighted by molar-refractivity contribution is -0.145. The highest BCUT2D eigenvalue weighted by Crippen LogP contribution is 2.34. The maximum atomic E-state index is 11.1. The number of carboxylic acids is 1. The maximum absolute atomic E-state index is 11.1. The standard InChI is InChI=1S/C14H21NO5/c1-4-5-11(14(16)17)20-9-6-12(18-2)10(8-15)13(7-9)19-3/h6-7,11H,4-5,8,15H2,1-3H3,(H,16,17). The van der Waals surface area contributed by atoms with Gasteiger partial charge in [-0.15, -0.1) is 0 Å². The Kier molecular flexibility index (Phi) is 6.11. The number of methoxy groups -OCH3 is 2. The zero-order valence-corrected chi connectivity index (χ0v) is 12.0. The van der Waals surface area contributed by atoms with Crippen LogP contribution in [0.5, 0.6) is 17.2 Å². The van der Waals surface area contributed by atoms with E-state index < -0.39 is 12.1 Å². The molecule has 0 aliphatic heterocycles. The van der Waals surface area contributed by atoms with Crippen molar-refractivity contribution >= 4 is 5.97 Å². The molecule has 0 bridgehead atoms. The second-order valence-corrected chi connectivity index (χ2v) is 4.24. The molecule has 1 rings (SSSR count). The van der Waals surface area contributed by atoms with Crippen LogP contribution in [0.25, 0.3) is 0 Å². The topological polar surface area (TPSA) is 91.0 Å². The molecule has 0 spiro atoms. The van der Waals surface area contributed by atoms with E-state index in [9.17, 15) is 4.79 Å². The SMILES string of the molecule is CCCC(Oc1cc(OC)c(CN)c(OC)c1)C(=O)O. The average Bonchev–Trinajstić information content (AvgIpc) is 2.45. The largest absolute Gasteiger partial charge is 0.496 e. The Balaban J connectivity index is 3.09. The number of hydrogen-bond acceptors (Lipinski definition) is 5. The number of hydrogen-bond donors (Lipinski definition) is 2. The van der Waals surface area contributed by atoms with Crippen LogP contribution in [-0.4, -0.2) is 31.4 Å². The van der Waals surface area contributed by atoms with Crippen LogP contribution in [0.2, 0.25) is 0 Å². The normalized spacial score (nSPS) is 11.8. The van der Waals surface area contributed by atoms with Crippen LogP contribution in [0, 0.1) is 0 Å². The van der Waals surface area contributed by atoms with Crippen molar-refractivity contribution in [2.24, 2.45) is 5.73 Å². The zero-order valence-electron chi connectivity index (χ0n) is 12.0. The molecule has 0 amide bonds. The van der Waals surface area contributed by atoms with Crippen LogP contribution in [0.3, 0.4) is 0 Å². The molecule has 1 aromatic rings. The minimum atomic E-state index is -0.993. The molecule has 20 heavy (non-hydrogen) atoms. The molecule has 1 unspecified atom stereocenters. The molecular weight excluding hydrogens is 262 g/mol. The second-order valence-electron chi connectivity index (χ2n) is 4.24. The van der Waals surface area contributed by atoms with E-state index in [1.807, 2.05) is 6.92 Å². The summed E-state index contributed by atoms with van der Waals surface area (Å²) in [4.78, 5) is 11.1. The Labute approximate surface area is 118 Å². The minimum Gasteiger partial charge on any atom is -0.496 e. The van der Waals surface area contributed by atoms with Gasteiger partial charge >= 0.3 is 5.97 Å². The Bertz CT molecular complexity index is 436. The van der Waals surface area contributed by atoms with E-state index in [2.05, 4.69) is 0 Å². The molecule has 112 valence electrons. The first-order valence-electron chi connectivity index (χ1n) is 6.41. The smallest absolute Gasteiger partial charge is 0.344 e. The third-order valence-corrected chi connectivity index (χ3v) is 2.89. The molecule has 0 radical (unpaired) electrons. The van der Waals surface area contributed by atoms with Crippen LogP contribution in [0.1, 0.15) is 25.3 Å². The van der Waals surface area contributed by atoms with Gasteiger partial charge in [0, 0.05) is 24.2 Å². The number of carboxylic acid groups (broad SMARTS) is 1. The lowest BCUT2D eigenvalue weighted by Gasteiger charge is -2.18. The first kappa shape index (κ1) is 16.1. The highest BCUT2D eigenvalue weighted by atomic mass is 16.5. The Morgan fingerprint density at radius 3 is 2.20 bits per heavy atom. The van der Waals surface area contributed by atoms with Crippen molar-refractivity contribution in [3.05, 3.63) is 17.7 Å². The lowest BCUT2D eigenvalue weighted by atomic mass is 10.1. The van der Waals surface area contributed by atoms with Gasteiger partial charge in [0.1, 0.15) is 17.2 Å². The summed E-state index contributed by atoms with van der Waals surface area (Å²) in [5.41, 5.74) is 6.37. The molecule has 6 heteroatoms. The van der Waals surface area contributed by atoms with E-state index in [-0.39, 0.29) is 6.54 Å². The monoisotopic (exact) mass is 283 g/mol. The molecule has 1 aromatic carbocycles. The molecule has 3 N–H and O–H groups in total. The van der Waals surface area contributed by atoms with Crippen molar-refractivity contribution in [2.75, 3.05) is 14.2 Å². The molecule has 6 nitrogen and oxygen atoms in total. The number of aliphatic carboxylic acids is 1. The predicted molar refractivity (Wildman–Crippen MR) is 74.4 cm³/mol. The van der Waals surface area contributed by atoms with Crippen LogP contribution >= 0.6 is 0 Å². The van der Waals surface area contributed by atoms with Crippen LogP contribution in [-0.2, 0) is 11.3 Å². The van der Waals surface area contributed by atoms with Gasteiger partial charge in [-0.05, 0) is 6.42 Å². The van der Waals surface area contributed by atoms with Gasteiger partial charge in [-0.2, -0.15) is 0 Å². The van der Waals surface area contributed by atoms with Gasteiger partial charge in [-0.3, -0.25) is 0 Å². The Morgan fingerprint density at radius 1 is 1.30 bits per heavy atom. The summed E-state index contributed by atoms with van der Waals surface area (Å²) in [6, 6.07) is 3.24. The predicted octanol–water partition coefficient (Wildman–Crippen LogP) is 1.79. The van der Waals surface area contributed by atoms with Gasteiger partial charge < -0.3 is 25.1 Å². The van der Waals surface area contributed by atoms with E-state index >= 15 is 0 Å². The van der Waals surface area contributed by atoms with Crippen molar-refractivity contribution < 1.29 is 24.1 Å². The lowest BCUT2D eigenvalue weighted by Crippen LogP contribution is -2.26. The second kappa shape index (κ2) is 7.59. The molecule has 1 atom stereocenters. The number of carbonyl (C=O) groups is 1. The van der Waals surface area contributed by atoms with E-state index in [0.717, 1.165) is 0 Å². The third kappa shape index (κ3) is 3.77. The van der Waals surface area contributed by atoms with Crippen molar-refractivity contribution in [3.8, 4) is 17.2 Å². The summed E-state index contributed by atoms with van der Waals surface area (Å²) in [5, 5.41) is 9.11. The van der Waals surface area contributed by atoms with Gasteiger partial charge in [0.15, 0.2) is 6.10 Å². The summed E-state index contributed by atoms with van der Waals surface area (Å²) in [6.07, 6.45) is 0.253.